The average molecular weight is 272 g/mol. The molecule has 19 heavy (non-hydrogen) atoms. The highest BCUT2D eigenvalue weighted by molar-refractivity contribution is 5.18. The van der Waals surface area contributed by atoms with Crippen LogP contribution < -0.4 is 0 Å². The third-order valence-corrected chi connectivity index (χ3v) is 3.56. The van der Waals surface area contributed by atoms with Gasteiger partial charge >= 0.3 is 6.18 Å². The third kappa shape index (κ3) is 5.66. The van der Waals surface area contributed by atoms with Crippen LogP contribution in [0.5, 0.6) is 0 Å². The van der Waals surface area contributed by atoms with E-state index < -0.39 is 12.1 Å². The number of hydrogen-bond donors (Lipinski definition) is 0. The fourth-order valence-corrected chi connectivity index (χ4v) is 2.29. The number of halogens is 3. The minimum absolute atomic E-state index is 0.0556. The highest BCUT2D eigenvalue weighted by Gasteiger charge is 2.39. The Labute approximate surface area is 114 Å². The maximum atomic E-state index is 13.0. The van der Waals surface area contributed by atoms with Crippen molar-refractivity contribution in [3.63, 3.8) is 0 Å². The van der Waals surface area contributed by atoms with E-state index in [4.69, 9.17) is 0 Å². The zero-order valence-electron chi connectivity index (χ0n) is 11.9. The number of benzene rings is 1. The lowest BCUT2D eigenvalue weighted by atomic mass is 9.86. The van der Waals surface area contributed by atoms with E-state index in [1.54, 1.807) is 0 Å². The summed E-state index contributed by atoms with van der Waals surface area (Å²) in [5.41, 5.74) is 0.987. The molecule has 2 unspecified atom stereocenters. The molecular formula is C16H23F3. The molecular weight excluding hydrogens is 249 g/mol. The van der Waals surface area contributed by atoms with Gasteiger partial charge < -0.3 is 0 Å². The zero-order valence-corrected chi connectivity index (χ0v) is 11.9. The lowest BCUT2D eigenvalue weighted by Gasteiger charge is -2.24. The maximum absolute atomic E-state index is 13.0. The quantitative estimate of drug-likeness (QED) is 0.614. The van der Waals surface area contributed by atoms with Gasteiger partial charge in [-0.05, 0) is 30.2 Å². The van der Waals surface area contributed by atoms with Crippen molar-refractivity contribution in [2.24, 2.45) is 11.8 Å². The molecule has 0 saturated carbocycles. The SMILES string of the molecule is CC(C)CCC(CC(C)c1ccccc1)C(F)(F)F. The number of rotatable bonds is 6. The fraction of sp³-hybridized carbons (Fsp3) is 0.625. The summed E-state index contributed by atoms with van der Waals surface area (Å²) in [4.78, 5) is 0. The van der Waals surface area contributed by atoms with Crippen LogP contribution in [0, 0.1) is 11.8 Å². The van der Waals surface area contributed by atoms with Crippen molar-refractivity contribution in [1.82, 2.24) is 0 Å². The second-order valence-electron chi connectivity index (χ2n) is 5.76. The van der Waals surface area contributed by atoms with Crippen molar-refractivity contribution in [3.05, 3.63) is 35.9 Å². The van der Waals surface area contributed by atoms with Crippen LogP contribution in [-0.4, -0.2) is 6.18 Å². The molecule has 0 bridgehead atoms. The molecule has 1 aromatic rings. The van der Waals surface area contributed by atoms with Gasteiger partial charge in [-0.15, -0.1) is 0 Å². The minimum Gasteiger partial charge on any atom is -0.171 e. The molecule has 2 atom stereocenters. The molecule has 3 heteroatoms. The maximum Gasteiger partial charge on any atom is 0.391 e. The molecule has 0 amide bonds. The first-order valence-electron chi connectivity index (χ1n) is 6.92. The van der Waals surface area contributed by atoms with Crippen molar-refractivity contribution in [2.75, 3.05) is 0 Å². The van der Waals surface area contributed by atoms with Crippen molar-refractivity contribution >= 4 is 0 Å². The van der Waals surface area contributed by atoms with Crippen molar-refractivity contribution < 1.29 is 13.2 Å². The Morgan fingerprint density at radius 1 is 0.947 bits per heavy atom. The number of alkyl halides is 3. The van der Waals surface area contributed by atoms with E-state index in [1.807, 2.05) is 51.1 Å². The number of hydrogen-bond acceptors (Lipinski definition) is 0. The smallest absolute Gasteiger partial charge is 0.171 e. The topological polar surface area (TPSA) is 0 Å². The van der Waals surface area contributed by atoms with Crippen LogP contribution in [0.1, 0.15) is 51.5 Å². The van der Waals surface area contributed by atoms with Gasteiger partial charge in [-0.25, -0.2) is 0 Å². The van der Waals surface area contributed by atoms with Gasteiger partial charge in [0.15, 0.2) is 0 Å². The van der Waals surface area contributed by atoms with Gasteiger partial charge in [-0.1, -0.05) is 57.5 Å². The van der Waals surface area contributed by atoms with Gasteiger partial charge in [0.2, 0.25) is 0 Å². The Morgan fingerprint density at radius 3 is 2.00 bits per heavy atom. The molecule has 1 aromatic carbocycles. The Morgan fingerprint density at radius 2 is 1.53 bits per heavy atom. The Hall–Kier alpha value is -0.990. The predicted molar refractivity (Wildman–Crippen MR) is 73.1 cm³/mol. The minimum atomic E-state index is -4.09. The largest absolute Gasteiger partial charge is 0.391 e. The van der Waals surface area contributed by atoms with Crippen molar-refractivity contribution in [1.29, 1.82) is 0 Å². The molecule has 0 aromatic heterocycles. The molecule has 0 fully saturated rings. The van der Waals surface area contributed by atoms with Crippen LogP contribution in [0.2, 0.25) is 0 Å². The second-order valence-corrected chi connectivity index (χ2v) is 5.76. The normalized spacial score (nSPS) is 15.5. The van der Waals surface area contributed by atoms with Gasteiger partial charge in [-0.2, -0.15) is 13.2 Å². The summed E-state index contributed by atoms with van der Waals surface area (Å²) >= 11 is 0. The molecule has 0 aliphatic rings. The van der Waals surface area contributed by atoms with Gasteiger partial charge in [0.05, 0.1) is 5.92 Å². The molecule has 0 heterocycles. The van der Waals surface area contributed by atoms with Crippen LogP contribution in [0.4, 0.5) is 13.2 Å². The predicted octanol–water partition coefficient (Wildman–Crippen LogP) is 5.79. The van der Waals surface area contributed by atoms with E-state index >= 15 is 0 Å². The van der Waals surface area contributed by atoms with Gasteiger partial charge in [0.25, 0.3) is 0 Å². The van der Waals surface area contributed by atoms with Crippen LogP contribution in [-0.2, 0) is 0 Å². The fourth-order valence-electron chi connectivity index (χ4n) is 2.29. The van der Waals surface area contributed by atoms with Crippen LogP contribution in [0.15, 0.2) is 30.3 Å². The highest BCUT2D eigenvalue weighted by atomic mass is 19.4. The monoisotopic (exact) mass is 272 g/mol. The summed E-state index contributed by atoms with van der Waals surface area (Å²) in [6.45, 7) is 5.81. The Bertz CT molecular complexity index is 354. The molecule has 0 spiro atoms. The molecule has 0 radical (unpaired) electrons. The molecule has 0 nitrogen and oxygen atoms in total. The molecule has 0 saturated heterocycles. The van der Waals surface area contributed by atoms with Gasteiger partial charge in [0, 0.05) is 0 Å². The summed E-state index contributed by atoms with van der Waals surface area (Å²) in [6.07, 6.45) is -3.04. The van der Waals surface area contributed by atoms with Crippen LogP contribution in [0.3, 0.4) is 0 Å². The zero-order chi connectivity index (χ0) is 14.5. The molecule has 0 aliphatic heterocycles. The van der Waals surface area contributed by atoms with E-state index in [2.05, 4.69) is 0 Å². The van der Waals surface area contributed by atoms with Gasteiger partial charge in [0.1, 0.15) is 0 Å². The van der Waals surface area contributed by atoms with Crippen LogP contribution in [0.25, 0.3) is 0 Å². The summed E-state index contributed by atoms with van der Waals surface area (Å²) in [7, 11) is 0. The van der Waals surface area contributed by atoms with Crippen LogP contribution >= 0.6 is 0 Å². The Balaban J connectivity index is 2.67. The van der Waals surface area contributed by atoms with Crippen molar-refractivity contribution in [3.8, 4) is 0 Å². The van der Waals surface area contributed by atoms with E-state index in [9.17, 15) is 13.2 Å². The van der Waals surface area contributed by atoms with Gasteiger partial charge in [-0.3, -0.25) is 0 Å². The van der Waals surface area contributed by atoms with E-state index in [0.29, 0.717) is 12.3 Å². The summed E-state index contributed by atoms with van der Waals surface area (Å²) < 4.78 is 39.1. The second kappa shape index (κ2) is 6.97. The molecule has 108 valence electrons. The molecule has 1 rings (SSSR count). The summed E-state index contributed by atoms with van der Waals surface area (Å²) in [5.74, 6) is -0.929. The molecule has 0 N–H and O–H groups in total. The average Bonchev–Trinajstić information content (AvgIpc) is 2.33. The Kier molecular flexibility index (Phi) is 5.89. The van der Waals surface area contributed by atoms with Crippen molar-refractivity contribution in [2.45, 2.75) is 52.1 Å². The first-order chi connectivity index (χ1) is 8.80. The standard InChI is InChI=1S/C16H23F3/c1-12(2)9-10-15(16(17,18)19)11-13(3)14-7-5-4-6-8-14/h4-8,12-13,15H,9-11H2,1-3H3. The first kappa shape index (κ1) is 16.1. The lowest BCUT2D eigenvalue weighted by molar-refractivity contribution is -0.179. The molecule has 0 aliphatic carbocycles. The van der Waals surface area contributed by atoms with E-state index in [-0.39, 0.29) is 18.8 Å². The summed E-state index contributed by atoms with van der Waals surface area (Å²) in [5, 5.41) is 0. The highest BCUT2D eigenvalue weighted by Crippen LogP contribution is 2.37. The first-order valence-corrected chi connectivity index (χ1v) is 6.92. The summed E-state index contributed by atoms with van der Waals surface area (Å²) in [6, 6.07) is 9.45. The lowest BCUT2D eigenvalue weighted by Crippen LogP contribution is -2.25. The van der Waals surface area contributed by atoms with E-state index in [0.717, 1.165) is 5.56 Å². The third-order valence-electron chi connectivity index (χ3n) is 3.56. The van der Waals surface area contributed by atoms with E-state index in [1.165, 1.54) is 0 Å².